The van der Waals surface area contributed by atoms with E-state index in [1.54, 1.807) is 13.8 Å². The van der Waals surface area contributed by atoms with Gasteiger partial charge in [-0.3, -0.25) is 0 Å². The van der Waals surface area contributed by atoms with Crippen molar-refractivity contribution in [1.82, 2.24) is 9.55 Å². The number of fused-ring (bicyclic) bond motifs is 1. The molecule has 132 valence electrons. The van der Waals surface area contributed by atoms with Gasteiger partial charge in [-0.1, -0.05) is 0 Å². The average molecular weight is 344 g/mol. The van der Waals surface area contributed by atoms with Gasteiger partial charge in [0.2, 0.25) is 0 Å². The lowest BCUT2D eigenvalue weighted by molar-refractivity contribution is -0.403. The molecule has 3 heterocycles. The van der Waals surface area contributed by atoms with Gasteiger partial charge in [0.25, 0.3) is 0 Å². The number of aliphatic hydroxyl groups is 1. The molecular weight excluding hydrogens is 328 g/mol. The second-order valence-corrected chi connectivity index (χ2v) is 6.07. The molecule has 24 heavy (non-hydrogen) atoms. The van der Waals surface area contributed by atoms with Crippen molar-refractivity contribution in [2.24, 2.45) is 0 Å². The zero-order valence-electron chi connectivity index (χ0n) is 12.9. The van der Waals surface area contributed by atoms with E-state index in [-0.39, 0.29) is 19.3 Å². The highest BCUT2D eigenvalue weighted by atomic mass is 16.8. The van der Waals surface area contributed by atoms with Gasteiger partial charge < -0.3 is 39.5 Å². The summed E-state index contributed by atoms with van der Waals surface area (Å²) < 4.78 is 17.7. The van der Waals surface area contributed by atoms with Gasteiger partial charge in [0.05, 0.1) is 6.61 Å². The molecule has 0 saturated carbocycles. The summed E-state index contributed by atoms with van der Waals surface area (Å²) >= 11 is 0. The molecule has 1 aromatic heterocycles. The van der Waals surface area contributed by atoms with E-state index in [2.05, 4.69) is 4.98 Å². The lowest BCUT2D eigenvalue weighted by atomic mass is 10.1. The largest absolute Gasteiger partial charge is 0.439 e. The SMILES string of the molecule is CC1(C)O[C@H]2[C@@H]([C@@H](O)Cn3cc([N+](=O)[O-])nc3[N+](=O)[O-])OC[C@H]2O1. The predicted octanol–water partition coefficient (Wildman–Crippen LogP) is -0.0207. The van der Waals surface area contributed by atoms with Gasteiger partial charge in [0.1, 0.15) is 31.0 Å². The molecule has 0 radical (unpaired) electrons. The third-order valence-electron chi connectivity index (χ3n) is 3.85. The molecule has 3 rings (SSSR count). The van der Waals surface area contributed by atoms with Gasteiger partial charge in [-0.2, -0.15) is 0 Å². The van der Waals surface area contributed by atoms with Crippen LogP contribution < -0.4 is 0 Å². The highest BCUT2D eigenvalue weighted by molar-refractivity contribution is 5.24. The molecular formula is C12H16N4O8. The van der Waals surface area contributed by atoms with Gasteiger partial charge >= 0.3 is 11.8 Å². The van der Waals surface area contributed by atoms with Crippen LogP contribution in [0.5, 0.6) is 0 Å². The van der Waals surface area contributed by atoms with Crippen LogP contribution in [0.1, 0.15) is 13.8 Å². The predicted molar refractivity (Wildman–Crippen MR) is 75.1 cm³/mol. The Balaban J connectivity index is 1.77. The van der Waals surface area contributed by atoms with Crippen molar-refractivity contribution in [3.05, 3.63) is 26.4 Å². The number of rotatable bonds is 5. The van der Waals surface area contributed by atoms with Gasteiger partial charge in [0.15, 0.2) is 12.0 Å². The number of imidazole rings is 1. The summed E-state index contributed by atoms with van der Waals surface area (Å²) in [5.74, 6) is -2.20. The summed E-state index contributed by atoms with van der Waals surface area (Å²) in [4.78, 5) is 23.4. The van der Waals surface area contributed by atoms with Crippen molar-refractivity contribution in [2.75, 3.05) is 6.61 Å². The van der Waals surface area contributed by atoms with E-state index in [9.17, 15) is 25.3 Å². The molecule has 2 fully saturated rings. The first kappa shape index (κ1) is 16.7. The number of nitro groups is 2. The summed E-state index contributed by atoms with van der Waals surface area (Å²) in [5.41, 5.74) is 0. The van der Waals surface area contributed by atoms with Crippen LogP contribution in [0.25, 0.3) is 0 Å². The Morgan fingerprint density at radius 1 is 1.42 bits per heavy atom. The first-order valence-electron chi connectivity index (χ1n) is 7.19. The standard InChI is InChI=1S/C12H16N4O8/c1-12(2)23-7-5-22-9(10(7)24-12)6(17)3-14-4-8(15(18)19)13-11(14)16(20)21/h4,6-7,9-10,17H,3,5H2,1-2H3/t6-,7+,9+,10+/m0/s1. The minimum absolute atomic E-state index is 0.224. The van der Waals surface area contributed by atoms with Crippen LogP contribution in [-0.2, 0) is 20.8 Å². The minimum Gasteiger partial charge on any atom is -0.390 e. The Kier molecular flexibility index (Phi) is 3.99. The Hall–Kier alpha value is -2.15. The number of ether oxygens (including phenoxy) is 3. The van der Waals surface area contributed by atoms with Gasteiger partial charge in [-0.15, -0.1) is 0 Å². The molecule has 0 amide bonds. The van der Waals surface area contributed by atoms with E-state index in [4.69, 9.17) is 14.2 Å². The van der Waals surface area contributed by atoms with Crippen LogP contribution in [-0.4, -0.2) is 61.3 Å². The van der Waals surface area contributed by atoms with Crippen molar-refractivity contribution in [2.45, 2.75) is 50.6 Å². The Morgan fingerprint density at radius 2 is 2.12 bits per heavy atom. The minimum atomic E-state index is -1.19. The lowest BCUT2D eigenvalue weighted by Gasteiger charge is -2.24. The maximum absolute atomic E-state index is 11.0. The zero-order valence-corrected chi connectivity index (χ0v) is 12.9. The molecule has 1 N–H and O–H groups in total. The molecule has 12 nitrogen and oxygen atoms in total. The van der Waals surface area contributed by atoms with E-state index < -0.39 is 45.7 Å². The maximum Gasteiger partial charge on any atom is 0.439 e. The van der Waals surface area contributed by atoms with Crippen molar-refractivity contribution < 1.29 is 29.2 Å². The number of aromatic nitrogens is 2. The normalized spacial score (nSPS) is 29.4. The highest BCUT2D eigenvalue weighted by Crippen LogP contribution is 2.36. The zero-order chi connectivity index (χ0) is 17.6. The van der Waals surface area contributed by atoms with Gasteiger partial charge in [-0.25, -0.2) is 4.57 Å². The lowest BCUT2D eigenvalue weighted by Crippen LogP contribution is -2.40. The molecule has 0 aromatic carbocycles. The molecule has 2 aliphatic rings. The molecule has 0 unspecified atom stereocenters. The van der Waals surface area contributed by atoms with Crippen molar-refractivity contribution in [1.29, 1.82) is 0 Å². The van der Waals surface area contributed by atoms with Crippen LogP contribution in [0.4, 0.5) is 11.8 Å². The third kappa shape index (κ3) is 2.96. The van der Waals surface area contributed by atoms with E-state index in [1.165, 1.54) is 0 Å². The molecule has 0 aliphatic carbocycles. The van der Waals surface area contributed by atoms with Crippen LogP contribution in [0.2, 0.25) is 0 Å². The maximum atomic E-state index is 11.0. The Morgan fingerprint density at radius 3 is 2.75 bits per heavy atom. The fourth-order valence-electron chi connectivity index (χ4n) is 2.97. The Bertz CT molecular complexity index is 674. The van der Waals surface area contributed by atoms with Gasteiger partial charge in [0, 0.05) is 0 Å². The third-order valence-corrected chi connectivity index (χ3v) is 3.85. The molecule has 2 aliphatic heterocycles. The smallest absolute Gasteiger partial charge is 0.390 e. The Labute approximate surface area is 135 Å². The van der Waals surface area contributed by atoms with Crippen LogP contribution >= 0.6 is 0 Å². The fraction of sp³-hybridized carbons (Fsp3) is 0.750. The number of aliphatic hydroxyl groups excluding tert-OH is 1. The number of hydrogen-bond donors (Lipinski definition) is 1. The molecule has 12 heteroatoms. The second kappa shape index (κ2) is 5.73. The molecule has 4 atom stereocenters. The average Bonchev–Trinajstić information content (AvgIpc) is 3.09. The van der Waals surface area contributed by atoms with Crippen molar-refractivity contribution >= 4 is 11.8 Å². The molecule has 1 aromatic rings. The van der Waals surface area contributed by atoms with Crippen LogP contribution in [0.3, 0.4) is 0 Å². The second-order valence-electron chi connectivity index (χ2n) is 6.07. The highest BCUT2D eigenvalue weighted by Gasteiger charge is 2.52. The van der Waals surface area contributed by atoms with E-state index in [0.717, 1.165) is 10.8 Å². The monoisotopic (exact) mass is 344 g/mol. The van der Waals surface area contributed by atoms with Crippen LogP contribution in [0.15, 0.2) is 6.20 Å². The molecule has 0 spiro atoms. The van der Waals surface area contributed by atoms with Gasteiger partial charge in [-0.05, 0) is 28.7 Å². The summed E-state index contributed by atoms with van der Waals surface area (Å²) in [5, 5.41) is 32.1. The van der Waals surface area contributed by atoms with E-state index >= 15 is 0 Å². The van der Waals surface area contributed by atoms with E-state index in [1.807, 2.05) is 0 Å². The molecule has 0 bridgehead atoms. The number of nitrogens with zero attached hydrogens (tertiary/aromatic N) is 4. The van der Waals surface area contributed by atoms with E-state index in [0.29, 0.717) is 0 Å². The van der Waals surface area contributed by atoms with Crippen LogP contribution in [0, 0.1) is 20.2 Å². The van der Waals surface area contributed by atoms with Crippen molar-refractivity contribution in [3.63, 3.8) is 0 Å². The summed E-state index contributed by atoms with van der Waals surface area (Å²) in [6.07, 6.45) is -1.91. The summed E-state index contributed by atoms with van der Waals surface area (Å²) in [7, 11) is 0. The first-order valence-corrected chi connectivity index (χ1v) is 7.19. The fourth-order valence-corrected chi connectivity index (χ4v) is 2.97. The van der Waals surface area contributed by atoms with Crippen molar-refractivity contribution in [3.8, 4) is 0 Å². The topological polar surface area (TPSA) is 152 Å². The quantitative estimate of drug-likeness (QED) is 0.573. The molecule has 2 saturated heterocycles. The first-order chi connectivity index (χ1) is 11.2. The summed E-state index contributed by atoms with van der Waals surface area (Å²) in [6, 6.07) is 0. The number of hydrogen-bond acceptors (Lipinski definition) is 9. The summed E-state index contributed by atoms with van der Waals surface area (Å²) in [6.45, 7) is 3.40.